The average Bonchev–Trinajstić information content (AvgIpc) is 3.37. The minimum absolute atomic E-state index is 0.0541. The Balaban J connectivity index is 1.62. The summed E-state index contributed by atoms with van der Waals surface area (Å²) in [5, 5.41) is 10.5. The van der Waals surface area contributed by atoms with Crippen LogP contribution in [-0.4, -0.2) is 29.2 Å². The molecule has 0 radical (unpaired) electrons. The number of hydrogen-bond donors (Lipinski definition) is 2. The summed E-state index contributed by atoms with van der Waals surface area (Å²) in [6, 6.07) is 7.38. The molecular formula is C20H20ClN5O3. The quantitative estimate of drug-likeness (QED) is 0.503. The van der Waals surface area contributed by atoms with Crippen LogP contribution in [-0.2, 0) is 20.0 Å². The highest BCUT2D eigenvalue weighted by molar-refractivity contribution is 6.30. The molecule has 0 spiro atoms. The summed E-state index contributed by atoms with van der Waals surface area (Å²) < 4.78 is 8.71. The van der Waals surface area contributed by atoms with Gasteiger partial charge in [-0.05, 0) is 25.5 Å². The number of aromatic amines is 1. The Hall–Kier alpha value is -3.26. The number of rotatable bonds is 6. The van der Waals surface area contributed by atoms with Gasteiger partial charge in [-0.1, -0.05) is 23.7 Å². The van der Waals surface area contributed by atoms with E-state index in [1.54, 1.807) is 25.4 Å². The number of aromatic nitrogens is 5. The van der Waals surface area contributed by atoms with E-state index in [0.717, 1.165) is 11.4 Å². The van der Waals surface area contributed by atoms with Crippen molar-refractivity contribution in [2.75, 3.05) is 0 Å². The van der Waals surface area contributed by atoms with Crippen LogP contribution in [0, 0.1) is 6.92 Å². The summed E-state index contributed by atoms with van der Waals surface area (Å²) in [6.07, 6.45) is 4.21. The Kier molecular flexibility index (Phi) is 5.02. The molecule has 0 amide bonds. The lowest BCUT2D eigenvalue weighted by Gasteiger charge is -2.04. The van der Waals surface area contributed by atoms with Gasteiger partial charge in [0.1, 0.15) is 23.0 Å². The Labute approximate surface area is 171 Å². The van der Waals surface area contributed by atoms with Crippen molar-refractivity contribution in [3.05, 3.63) is 63.8 Å². The number of imidazole rings is 2. The van der Waals surface area contributed by atoms with Crippen molar-refractivity contribution in [1.29, 1.82) is 0 Å². The number of aryl methyl sites for hydroxylation is 3. The molecule has 0 aliphatic heterocycles. The number of benzene rings is 1. The van der Waals surface area contributed by atoms with Gasteiger partial charge >= 0.3 is 5.69 Å². The van der Waals surface area contributed by atoms with E-state index in [1.807, 2.05) is 19.1 Å². The first-order valence-corrected chi connectivity index (χ1v) is 9.53. The van der Waals surface area contributed by atoms with E-state index in [9.17, 15) is 9.90 Å². The van der Waals surface area contributed by atoms with E-state index < -0.39 is 0 Å². The van der Waals surface area contributed by atoms with Crippen molar-refractivity contribution < 1.29 is 9.52 Å². The molecule has 0 aliphatic carbocycles. The molecule has 0 saturated heterocycles. The van der Waals surface area contributed by atoms with Gasteiger partial charge in [0.05, 0.1) is 12.4 Å². The highest BCUT2D eigenvalue weighted by Gasteiger charge is 2.18. The standard InChI is InChI=1S/C20H20ClN5O3/c1-12-22-10-15(23-12)19-24-18(13-5-7-14(21)8-6-13)16(29-19)4-3-9-26-17(27)11-25(2)20(26)28/h5-8,10-11,27H,3-4,9H2,1-2H3,(H,22,23). The Morgan fingerprint density at radius 1 is 1.28 bits per heavy atom. The van der Waals surface area contributed by atoms with E-state index >= 15 is 0 Å². The SMILES string of the molecule is Cc1ncc(-c2nc(-c3ccc(Cl)cc3)c(CCCn3c(O)cn(C)c3=O)o2)[nH]1. The monoisotopic (exact) mass is 413 g/mol. The fourth-order valence-electron chi connectivity index (χ4n) is 3.19. The fourth-order valence-corrected chi connectivity index (χ4v) is 3.32. The Morgan fingerprint density at radius 3 is 2.66 bits per heavy atom. The first-order chi connectivity index (χ1) is 13.9. The van der Waals surface area contributed by atoms with Crippen LogP contribution in [0.1, 0.15) is 18.0 Å². The summed E-state index contributed by atoms with van der Waals surface area (Å²) in [7, 11) is 1.60. The third-order valence-electron chi connectivity index (χ3n) is 4.65. The molecule has 2 N–H and O–H groups in total. The highest BCUT2D eigenvalue weighted by atomic mass is 35.5. The van der Waals surface area contributed by atoms with Crippen molar-refractivity contribution in [2.24, 2.45) is 7.05 Å². The van der Waals surface area contributed by atoms with E-state index in [2.05, 4.69) is 15.0 Å². The van der Waals surface area contributed by atoms with Crippen LogP contribution in [0.5, 0.6) is 5.88 Å². The van der Waals surface area contributed by atoms with Crippen LogP contribution in [0.15, 0.2) is 45.9 Å². The Bertz CT molecular complexity index is 1200. The molecule has 0 fully saturated rings. The minimum atomic E-state index is -0.258. The first-order valence-electron chi connectivity index (χ1n) is 9.15. The second-order valence-electron chi connectivity index (χ2n) is 6.82. The molecule has 0 unspecified atom stereocenters. The van der Waals surface area contributed by atoms with E-state index in [0.29, 0.717) is 47.4 Å². The van der Waals surface area contributed by atoms with Gasteiger partial charge in [0, 0.05) is 30.6 Å². The number of aromatic hydroxyl groups is 1. The zero-order valence-corrected chi connectivity index (χ0v) is 16.8. The lowest BCUT2D eigenvalue weighted by molar-refractivity contribution is 0.405. The molecule has 29 heavy (non-hydrogen) atoms. The number of H-pyrrole nitrogens is 1. The zero-order valence-electron chi connectivity index (χ0n) is 16.0. The topological polar surface area (TPSA) is 102 Å². The van der Waals surface area contributed by atoms with Crippen LogP contribution in [0.4, 0.5) is 0 Å². The summed E-state index contributed by atoms with van der Waals surface area (Å²) in [5.74, 6) is 1.86. The van der Waals surface area contributed by atoms with Gasteiger partial charge in [-0.2, -0.15) is 0 Å². The second-order valence-corrected chi connectivity index (χ2v) is 7.25. The van der Waals surface area contributed by atoms with Crippen molar-refractivity contribution in [1.82, 2.24) is 24.1 Å². The molecule has 3 heterocycles. The number of nitrogens with one attached hydrogen (secondary N) is 1. The van der Waals surface area contributed by atoms with Crippen LogP contribution >= 0.6 is 11.6 Å². The van der Waals surface area contributed by atoms with Crippen LogP contribution in [0.3, 0.4) is 0 Å². The normalized spacial score (nSPS) is 11.3. The highest BCUT2D eigenvalue weighted by Crippen LogP contribution is 2.30. The van der Waals surface area contributed by atoms with Gasteiger partial charge in [0.15, 0.2) is 0 Å². The van der Waals surface area contributed by atoms with Crippen molar-refractivity contribution in [3.8, 4) is 28.7 Å². The van der Waals surface area contributed by atoms with Crippen LogP contribution < -0.4 is 5.69 Å². The largest absolute Gasteiger partial charge is 0.493 e. The van der Waals surface area contributed by atoms with Crippen LogP contribution in [0.2, 0.25) is 5.02 Å². The second kappa shape index (κ2) is 7.63. The molecule has 1 aromatic carbocycles. The molecule has 8 nitrogen and oxygen atoms in total. The van der Waals surface area contributed by atoms with Gasteiger partial charge < -0.3 is 14.5 Å². The fraction of sp³-hybridized carbons (Fsp3) is 0.250. The minimum Gasteiger partial charge on any atom is -0.493 e. The maximum Gasteiger partial charge on any atom is 0.330 e. The number of oxazole rings is 1. The molecule has 150 valence electrons. The molecule has 4 rings (SSSR count). The van der Waals surface area contributed by atoms with Gasteiger partial charge in [0.25, 0.3) is 0 Å². The van der Waals surface area contributed by atoms with Crippen LogP contribution in [0.25, 0.3) is 22.8 Å². The van der Waals surface area contributed by atoms with E-state index in [1.165, 1.54) is 15.3 Å². The number of hydrogen-bond acceptors (Lipinski definition) is 5. The predicted octanol–water partition coefficient (Wildman–Crippen LogP) is 3.53. The molecule has 3 aromatic heterocycles. The molecule has 0 saturated carbocycles. The maximum atomic E-state index is 12.1. The van der Waals surface area contributed by atoms with Gasteiger partial charge in [0.2, 0.25) is 11.8 Å². The molecular weight excluding hydrogens is 394 g/mol. The van der Waals surface area contributed by atoms with Crippen molar-refractivity contribution in [3.63, 3.8) is 0 Å². The van der Waals surface area contributed by atoms with E-state index in [4.69, 9.17) is 16.0 Å². The summed E-state index contributed by atoms with van der Waals surface area (Å²) in [5.41, 5.74) is 2.04. The van der Waals surface area contributed by atoms with E-state index in [-0.39, 0.29) is 11.6 Å². The van der Waals surface area contributed by atoms with Gasteiger partial charge in [-0.3, -0.25) is 9.13 Å². The van der Waals surface area contributed by atoms with Gasteiger partial charge in [-0.15, -0.1) is 0 Å². The molecule has 4 aromatic rings. The number of nitrogens with zero attached hydrogens (tertiary/aromatic N) is 4. The lowest BCUT2D eigenvalue weighted by Crippen LogP contribution is -2.22. The summed E-state index contributed by atoms with van der Waals surface area (Å²) in [4.78, 5) is 24.0. The molecule has 9 heteroatoms. The zero-order chi connectivity index (χ0) is 20.5. The summed E-state index contributed by atoms with van der Waals surface area (Å²) in [6.45, 7) is 2.22. The predicted molar refractivity (Wildman–Crippen MR) is 109 cm³/mol. The smallest absolute Gasteiger partial charge is 0.330 e. The van der Waals surface area contributed by atoms with Crippen molar-refractivity contribution >= 4 is 11.6 Å². The summed E-state index contributed by atoms with van der Waals surface area (Å²) >= 11 is 6.01. The maximum absolute atomic E-state index is 12.1. The first kappa shape index (κ1) is 19.1. The number of halogens is 1. The molecule has 0 aliphatic rings. The third-order valence-corrected chi connectivity index (χ3v) is 4.90. The molecule has 0 bridgehead atoms. The van der Waals surface area contributed by atoms with Crippen molar-refractivity contribution in [2.45, 2.75) is 26.3 Å². The average molecular weight is 414 g/mol. The lowest BCUT2D eigenvalue weighted by atomic mass is 10.1. The third kappa shape index (κ3) is 3.84. The Morgan fingerprint density at radius 2 is 2.03 bits per heavy atom. The molecule has 0 atom stereocenters. The van der Waals surface area contributed by atoms with Gasteiger partial charge in [-0.25, -0.2) is 14.8 Å².